The molecule has 1 fully saturated rings. The van der Waals surface area contributed by atoms with E-state index in [4.69, 9.17) is 11.6 Å². The van der Waals surface area contributed by atoms with Gasteiger partial charge in [0, 0.05) is 42.7 Å². The van der Waals surface area contributed by atoms with E-state index in [1.54, 1.807) is 31.2 Å². The molecule has 1 aliphatic heterocycles. The van der Waals surface area contributed by atoms with Crippen molar-refractivity contribution in [1.82, 2.24) is 14.2 Å². The number of aromatic nitrogens is 1. The minimum absolute atomic E-state index is 0.00320. The molecule has 10 heteroatoms. The first-order valence-corrected chi connectivity index (χ1v) is 11.3. The predicted octanol–water partition coefficient (Wildman–Crippen LogP) is 3.62. The van der Waals surface area contributed by atoms with Crippen LogP contribution in [0.5, 0.6) is 0 Å². The van der Waals surface area contributed by atoms with Gasteiger partial charge in [0.15, 0.2) is 0 Å². The second-order valence-electron chi connectivity index (χ2n) is 7.23. The number of carbonyl (C=O) groups excluding carboxylic acids is 1. The molecular formula is C21H18ClF2N3O3S. The smallest absolute Gasteiger partial charge is 0.255 e. The van der Waals surface area contributed by atoms with Crippen molar-refractivity contribution in [2.24, 2.45) is 0 Å². The molecule has 1 aliphatic rings. The summed E-state index contributed by atoms with van der Waals surface area (Å²) < 4.78 is 53.7. The Morgan fingerprint density at radius 2 is 1.74 bits per heavy atom. The highest BCUT2D eigenvalue weighted by Gasteiger charge is 2.32. The predicted molar refractivity (Wildman–Crippen MR) is 113 cm³/mol. The number of carbonyl (C=O) groups is 1. The Hall–Kier alpha value is -2.62. The SMILES string of the molecule is Cc1nc2ccc(Cl)cc2cc1C(=O)N1CCN(S(=O)(=O)c2ccc(F)cc2F)CC1. The fourth-order valence-electron chi connectivity index (χ4n) is 3.59. The maximum atomic E-state index is 14.0. The Balaban J connectivity index is 1.53. The van der Waals surface area contributed by atoms with Gasteiger partial charge in [-0.15, -0.1) is 0 Å². The average Bonchev–Trinajstić information content (AvgIpc) is 2.73. The second kappa shape index (κ2) is 8.14. The highest BCUT2D eigenvalue weighted by Crippen LogP contribution is 2.24. The van der Waals surface area contributed by atoms with Crippen LogP contribution in [-0.2, 0) is 10.0 Å². The fourth-order valence-corrected chi connectivity index (χ4v) is 5.23. The molecule has 0 spiro atoms. The number of sulfonamides is 1. The number of piperazine rings is 1. The van der Waals surface area contributed by atoms with Crippen molar-refractivity contribution in [2.75, 3.05) is 26.2 Å². The Morgan fingerprint density at radius 1 is 1.03 bits per heavy atom. The number of fused-ring (bicyclic) bond motifs is 1. The number of rotatable bonds is 3. The van der Waals surface area contributed by atoms with Crippen molar-refractivity contribution >= 4 is 38.4 Å². The zero-order chi connectivity index (χ0) is 22.3. The van der Waals surface area contributed by atoms with Crippen LogP contribution in [0.3, 0.4) is 0 Å². The summed E-state index contributed by atoms with van der Waals surface area (Å²) in [5, 5.41) is 1.26. The molecule has 0 atom stereocenters. The van der Waals surface area contributed by atoms with Crippen LogP contribution < -0.4 is 0 Å². The Labute approximate surface area is 183 Å². The van der Waals surface area contributed by atoms with Gasteiger partial charge in [0.1, 0.15) is 16.5 Å². The summed E-state index contributed by atoms with van der Waals surface area (Å²) >= 11 is 6.04. The molecule has 0 unspecified atom stereocenters. The normalized spacial score (nSPS) is 15.4. The molecule has 31 heavy (non-hydrogen) atoms. The Morgan fingerprint density at radius 3 is 2.42 bits per heavy atom. The highest BCUT2D eigenvalue weighted by atomic mass is 35.5. The van der Waals surface area contributed by atoms with Gasteiger partial charge < -0.3 is 4.90 Å². The maximum Gasteiger partial charge on any atom is 0.255 e. The lowest BCUT2D eigenvalue weighted by molar-refractivity contribution is 0.0696. The molecule has 6 nitrogen and oxygen atoms in total. The minimum atomic E-state index is -4.14. The fraction of sp³-hybridized carbons (Fsp3) is 0.238. The first kappa shape index (κ1) is 21.6. The second-order valence-corrected chi connectivity index (χ2v) is 9.57. The van der Waals surface area contributed by atoms with Gasteiger partial charge in [-0.2, -0.15) is 4.31 Å². The lowest BCUT2D eigenvalue weighted by Gasteiger charge is -2.34. The Kier molecular flexibility index (Phi) is 5.67. The molecule has 1 saturated heterocycles. The van der Waals surface area contributed by atoms with E-state index in [0.29, 0.717) is 22.3 Å². The van der Waals surface area contributed by atoms with Crippen LogP contribution in [0.2, 0.25) is 5.02 Å². The molecule has 0 aliphatic carbocycles. The van der Waals surface area contributed by atoms with E-state index in [0.717, 1.165) is 27.3 Å². The summed E-state index contributed by atoms with van der Waals surface area (Å²) in [6.45, 7) is 1.99. The third kappa shape index (κ3) is 4.13. The Bertz CT molecular complexity index is 1290. The molecule has 1 aromatic heterocycles. The summed E-state index contributed by atoms with van der Waals surface area (Å²) in [6.07, 6.45) is 0. The van der Waals surface area contributed by atoms with Crippen LogP contribution in [-0.4, -0.2) is 54.7 Å². The van der Waals surface area contributed by atoms with Crippen LogP contribution in [0, 0.1) is 18.6 Å². The molecule has 162 valence electrons. The monoisotopic (exact) mass is 465 g/mol. The van der Waals surface area contributed by atoms with Gasteiger partial charge in [0.2, 0.25) is 10.0 Å². The highest BCUT2D eigenvalue weighted by molar-refractivity contribution is 7.89. The number of halogens is 3. The van der Waals surface area contributed by atoms with Crippen LogP contribution in [0.15, 0.2) is 47.4 Å². The molecule has 2 heterocycles. The first-order valence-electron chi connectivity index (χ1n) is 9.48. The van der Waals surface area contributed by atoms with Crippen LogP contribution in [0.25, 0.3) is 10.9 Å². The van der Waals surface area contributed by atoms with Gasteiger partial charge in [0.05, 0.1) is 16.8 Å². The maximum absolute atomic E-state index is 14.0. The van der Waals surface area contributed by atoms with Crippen molar-refractivity contribution < 1.29 is 22.0 Å². The summed E-state index contributed by atoms with van der Waals surface area (Å²) in [5.74, 6) is -2.26. The third-order valence-corrected chi connectivity index (χ3v) is 7.40. The van der Waals surface area contributed by atoms with Crippen LogP contribution >= 0.6 is 11.6 Å². The lowest BCUT2D eigenvalue weighted by atomic mass is 10.1. The molecule has 0 N–H and O–H groups in total. The van der Waals surface area contributed by atoms with Gasteiger partial charge in [-0.3, -0.25) is 9.78 Å². The van der Waals surface area contributed by atoms with Crippen molar-refractivity contribution in [3.8, 4) is 0 Å². The number of nitrogens with zero attached hydrogens (tertiary/aromatic N) is 3. The number of hydrogen-bond donors (Lipinski definition) is 0. The first-order chi connectivity index (χ1) is 14.7. The summed E-state index contributed by atoms with van der Waals surface area (Å²) in [5.41, 5.74) is 1.69. The van der Waals surface area contributed by atoms with E-state index in [2.05, 4.69) is 4.98 Å². The molecule has 4 rings (SSSR count). The van der Waals surface area contributed by atoms with E-state index < -0.39 is 26.6 Å². The van der Waals surface area contributed by atoms with Crippen molar-refractivity contribution in [1.29, 1.82) is 0 Å². The van der Waals surface area contributed by atoms with Gasteiger partial charge in [0.25, 0.3) is 5.91 Å². The molecule has 3 aromatic rings. The summed E-state index contributed by atoms with van der Waals surface area (Å²) in [4.78, 5) is 18.5. The van der Waals surface area contributed by atoms with Crippen LogP contribution in [0.1, 0.15) is 16.1 Å². The number of pyridine rings is 1. The van der Waals surface area contributed by atoms with Crippen molar-refractivity contribution in [2.45, 2.75) is 11.8 Å². The van der Waals surface area contributed by atoms with Gasteiger partial charge in [-0.1, -0.05) is 11.6 Å². The molecule has 0 saturated carbocycles. The van der Waals surface area contributed by atoms with E-state index in [1.165, 1.54) is 4.90 Å². The number of benzene rings is 2. The quantitative estimate of drug-likeness (QED) is 0.592. The zero-order valence-electron chi connectivity index (χ0n) is 16.5. The van der Waals surface area contributed by atoms with E-state index in [-0.39, 0.29) is 32.1 Å². The molecular weight excluding hydrogens is 448 g/mol. The topological polar surface area (TPSA) is 70.6 Å². The largest absolute Gasteiger partial charge is 0.336 e. The number of amides is 1. The number of aryl methyl sites for hydroxylation is 1. The van der Waals surface area contributed by atoms with Gasteiger partial charge in [-0.05, 0) is 43.3 Å². The van der Waals surface area contributed by atoms with Gasteiger partial charge in [-0.25, -0.2) is 17.2 Å². The molecule has 2 aromatic carbocycles. The number of hydrogen-bond acceptors (Lipinski definition) is 4. The van der Waals surface area contributed by atoms with Gasteiger partial charge >= 0.3 is 0 Å². The zero-order valence-corrected chi connectivity index (χ0v) is 18.1. The lowest BCUT2D eigenvalue weighted by Crippen LogP contribution is -2.50. The third-order valence-electron chi connectivity index (χ3n) is 5.24. The van der Waals surface area contributed by atoms with Crippen molar-refractivity contribution in [3.05, 3.63) is 70.4 Å². The van der Waals surface area contributed by atoms with Crippen molar-refractivity contribution in [3.63, 3.8) is 0 Å². The summed E-state index contributed by atoms with van der Waals surface area (Å²) in [6, 6.07) is 9.29. The standard InChI is InChI=1S/C21H18ClF2N3O3S/c1-13-17(11-14-10-15(22)2-4-19(14)25-13)21(28)26-6-8-27(9-7-26)31(29,30)20-5-3-16(23)12-18(20)24/h2-5,10-12H,6-9H2,1H3. The summed E-state index contributed by atoms with van der Waals surface area (Å²) in [7, 11) is -4.14. The van der Waals surface area contributed by atoms with E-state index >= 15 is 0 Å². The molecule has 0 radical (unpaired) electrons. The molecule has 1 amide bonds. The van der Waals surface area contributed by atoms with Crippen LogP contribution in [0.4, 0.5) is 8.78 Å². The average molecular weight is 466 g/mol. The van der Waals surface area contributed by atoms with E-state index in [9.17, 15) is 22.0 Å². The van der Waals surface area contributed by atoms with E-state index in [1.807, 2.05) is 0 Å². The molecule has 0 bridgehead atoms. The minimum Gasteiger partial charge on any atom is -0.336 e.